The Labute approximate surface area is 160 Å². The number of carbonyl (C=O) groups excluding carboxylic acids is 3. The summed E-state index contributed by atoms with van der Waals surface area (Å²) >= 11 is 0. The maximum Gasteiger partial charge on any atom is 0.270 e. The van der Waals surface area contributed by atoms with Gasteiger partial charge in [-0.2, -0.15) is 5.10 Å². The van der Waals surface area contributed by atoms with Crippen molar-refractivity contribution in [1.29, 1.82) is 0 Å². The van der Waals surface area contributed by atoms with Gasteiger partial charge >= 0.3 is 0 Å². The summed E-state index contributed by atoms with van der Waals surface area (Å²) in [7, 11) is 1.61. The van der Waals surface area contributed by atoms with E-state index < -0.39 is 17.4 Å². The van der Waals surface area contributed by atoms with Crippen molar-refractivity contribution in [3.8, 4) is 17.5 Å². The number of aromatic nitrogens is 2. The van der Waals surface area contributed by atoms with Crippen LogP contribution in [0.2, 0.25) is 0 Å². The quantitative estimate of drug-likeness (QED) is 0.586. The van der Waals surface area contributed by atoms with Crippen molar-refractivity contribution < 1.29 is 19.5 Å². The fraction of sp³-hybridized carbons (Fsp3) is 0.263. The lowest BCUT2D eigenvalue weighted by Gasteiger charge is -2.13. The fourth-order valence-corrected chi connectivity index (χ4v) is 3.35. The van der Waals surface area contributed by atoms with Crippen molar-refractivity contribution >= 4 is 17.7 Å². The van der Waals surface area contributed by atoms with Gasteiger partial charge in [-0.25, -0.2) is 4.68 Å². The van der Waals surface area contributed by atoms with Crippen LogP contribution in [0, 0.1) is 11.8 Å². The predicted octanol–water partition coefficient (Wildman–Crippen LogP) is -0.841. The molecule has 3 heterocycles. The number of amides is 3. The Morgan fingerprint density at radius 3 is 2.86 bits per heavy atom. The summed E-state index contributed by atoms with van der Waals surface area (Å²) in [5.41, 5.74) is 5.46. The zero-order chi connectivity index (χ0) is 20.1. The highest BCUT2D eigenvalue weighted by Crippen LogP contribution is 2.24. The first-order chi connectivity index (χ1) is 13.3. The molecule has 2 aromatic rings. The van der Waals surface area contributed by atoms with Gasteiger partial charge in [0.2, 0.25) is 5.60 Å². The van der Waals surface area contributed by atoms with Crippen LogP contribution in [-0.2, 0) is 11.3 Å². The largest absolute Gasteiger partial charge is 0.369 e. The van der Waals surface area contributed by atoms with E-state index in [4.69, 9.17) is 5.73 Å². The smallest absolute Gasteiger partial charge is 0.270 e. The van der Waals surface area contributed by atoms with E-state index in [1.807, 2.05) is 0 Å². The van der Waals surface area contributed by atoms with Crippen LogP contribution in [0.25, 0.3) is 5.69 Å². The van der Waals surface area contributed by atoms with Crippen molar-refractivity contribution in [2.45, 2.75) is 18.6 Å². The molecule has 4 rings (SSSR count). The molecule has 1 aromatic carbocycles. The molecule has 1 atom stereocenters. The van der Waals surface area contributed by atoms with Crippen LogP contribution in [0.4, 0.5) is 0 Å². The second-order valence-corrected chi connectivity index (χ2v) is 6.77. The van der Waals surface area contributed by atoms with Gasteiger partial charge in [-0.1, -0.05) is 17.9 Å². The average Bonchev–Trinajstić information content (AvgIpc) is 3.31. The summed E-state index contributed by atoms with van der Waals surface area (Å²) in [6.07, 6.45) is 0.240. The molecule has 2 aliphatic rings. The number of likely N-dealkylation sites (tertiary alicyclic amines) is 1. The van der Waals surface area contributed by atoms with Gasteiger partial charge in [0.05, 0.1) is 5.69 Å². The molecule has 0 radical (unpaired) electrons. The van der Waals surface area contributed by atoms with Gasteiger partial charge in [-0.05, 0) is 18.2 Å². The number of primary amides is 1. The van der Waals surface area contributed by atoms with Crippen LogP contribution in [0.15, 0.2) is 24.3 Å². The van der Waals surface area contributed by atoms with Gasteiger partial charge in [0, 0.05) is 37.7 Å². The average molecular weight is 379 g/mol. The molecule has 0 aliphatic carbocycles. The summed E-state index contributed by atoms with van der Waals surface area (Å²) in [4.78, 5) is 37.3. The molecule has 9 heteroatoms. The minimum atomic E-state index is -1.70. The van der Waals surface area contributed by atoms with E-state index in [0.29, 0.717) is 23.4 Å². The van der Waals surface area contributed by atoms with Crippen molar-refractivity contribution in [1.82, 2.24) is 20.0 Å². The molecule has 0 spiro atoms. The van der Waals surface area contributed by atoms with Crippen molar-refractivity contribution in [2.75, 3.05) is 13.6 Å². The third-order valence-electron chi connectivity index (χ3n) is 4.87. The number of nitrogens with two attached hydrogens (primary N) is 1. The van der Waals surface area contributed by atoms with Gasteiger partial charge in [0.25, 0.3) is 17.7 Å². The number of nitrogens with one attached hydrogen (secondary N) is 1. The SMILES string of the molecule is CN1CC[C@](O)(C#Cc2cccc(-n3nc(C(N)=O)c4c3C(=O)NC4)c2)C1=O. The first kappa shape index (κ1) is 17.8. The standard InChI is InChI=1S/C19H17N5O4/c1-23-8-7-19(28,18(23)27)6-5-11-3-2-4-12(9-11)24-15-13(10-21-17(15)26)14(22-24)16(20)25/h2-4,9,28H,7-8,10H2,1H3,(H2,20,25)(H,21,26)/t19-/m1/s1. The lowest BCUT2D eigenvalue weighted by atomic mass is 10.0. The Balaban J connectivity index is 1.73. The van der Waals surface area contributed by atoms with Gasteiger partial charge in [0.1, 0.15) is 5.69 Å². The maximum atomic E-state index is 12.2. The van der Waals surface area contributed by atoms with Gasteiger partial charge in [0.15, 0.2) is 5.69 Å². The normalized spacial score (nSPS) is 20.6. The summed E-state index contributed by atoms with van der Waals surface area (Å²) in [6, 6.07) is 6.78. The van der Waals surface area contributed by atoms with Crippen LogP contribution in [-0.4, -0.2) is 56.7 Å². The van der Waals surface area contributed by atoms with E-state index in [2.05, 4.69) is 22.3 Å². The highest BCUT2D eigenvalue weighted by atomic mass is 16.3. The molecule has 1 fully saturated rings. The van der Waals surface area contributed by atoms with Crippen LogP contribution in [0.5, 0.6) is 0 Å². The minimum Gasteiger partial charge on any atom is -0.369 e. The molecular formula is C19H17N5O4. The fourth-order valence-electron chi connectivity index (χ4n) is 3.35. The number of fused-ring (bicyclic) bond motifs is 1. The lowest BCUT2D eigenvalue weighted by Crippen LogP contribution is -2.37. The Morgan fingerprint density at radius 1 is 1.39 bits per heavy atom. The predicted molar refractivity (Wildman–Crippen MR) is 97.3 cm³/mol. The van der Waals surface area contributed by atoms with Gasteiger partial charge in [-0.3, -0.25) is 14.4 Å². The van der Waals surface area contributed by atoms with Gasteiger partial charge in [-0.15, -0.1) is 0 Å². The zero-order valence-corrected chi connectivity index (χ0v) is 15.0. The Kier molecular flexibility index (Phi) is 3.94. The van der Waals surface area contributed by atoms with Crippen LogP contribution in [0.3, 0.4) is 0 Å². The number of aliphatic hydroxyl groups is 1. The summed E-state index contributed by atoms with van der Waals surface area (Å²) in [6.45, 7) is 0.628. The first-order valence-electron chi connectivity index (χ1n) is 8.61. The molecule has 28 heavy (non-hydrogen) atoms. The number of likely N-dealkylation sites (N-methyl/N-ethyl adjacent to an activating group) is 1. The topological polar surface area (TPSA) is 131 Å². The van der Waals surface area contributed by atoms with E-state index in [0.717, 1.165) is 0 Å². The monoisotopic (exact) mass is 379 g/mol. The van der Waals surface area contributed by atoms with Crippen LogP contribution < -0.4 is 11.1 Å². The molecule has 4 N–H and O–H groups in total. The van der Waals surface area contributed by atoms with E-state index in [-0.39, 0.29) is 30.3 Å². The summed E-state index contributed by atoms with van der Waals surface area (Å²) in [5.74, 6) is 3.98. The molecule has 0 saturated carbocycles. The van der Waals surface area contributed by atoms with E-state index >= 15 is 0 Å². The Bertz CT molecular complexity index is 1090. The molecule has 142 valence electrons. The third-order valence-corrected chi connectivity index (χ3v) is 4.87. The Morgan fingerprint density at radius 2 is 2.18 bits per heavy atom. The van der Waals surface area contributed by atoms with E-state index in [1.54, 1.807) is 31.3 Å². The van der Waals surface area contributed by atoms with Crippen LogP contribution >= 0.6 is 0 Å². The molecule has 1 saturated heterocycles. The second-order valence-electron chi connectivity index (χ2n) is 6.77. The molecule has 0 unspecified atom stereocenters. The highest BCUT2D eigenvalue weighted by Gasteiger charge is 2.42. The second kappa shape index (κ2) is 6.21. The first-order valence-corrected chi connectivity index (χ1v) is 8.61. The van der Waals surface area contributed by atoms with Crippen molar-refractivity contribution in [2.24, 2.45) is 5.73 Å². The zero-order valence-electron chi connectivity index (χ0n) is 15.0. The Hall–Kier alpha value is -3.64. The minimum absolute atomic E-state index is 0.0405. The molecule has 0 bridgehead atoms. The number of rotatable bonds is 2. The molecule has 9 nitrogen and oxygen atoms in total. The number of hydrogen-bond donors (Lipinski definition) is 3. The number of carbonyl (C=O) groups is 3. The summed E-state index contributed by atoms with van der Waals surface area (Å²) < 4.78 is 1.35. The summed E-state index contributed by atoms with van der Waals surface area (Å²) in [5, 5.41) is 17.3. The number of hydrogen-bond acceptors (Lipinski definition) is 5. The number of benzene rings is 1. The van der Waals surface area contributed by atoms with Crippen molar-refractivity contribution in [3.63, 3.8) is 0 Å². The maximum absolute atomic E-state index is 12.2. The molecule has 2 aliphatic heterocycles. The molecule has 3 amide bonds. The lowest BCUT2D eigenvalue weighted by molar-refractivity contribution is -0.137. The van der Waals surface area contributed by atoms with Gasteiger partial charge < -0.3 is 21.1 Å². The molecule has 1 aromatic heterocycles. The highest BCUT2D eigenvalue weighted by molar-refractivity contribution is 6.02. The number of nitrogens with zero attached hydrogens (tertiary/aromatic N) is 3. The van der Waals surface area contributed by atoms with E-state index in [9.17, 15) is 19.5 Å². The third kappa shape index (κ3) is 2.71. The van der Waals surface area contributed by atoms with Crippen LogP contribution in [0.1, 0.15) is 38.5 Å². The molecular weight excluding hydrogens is 362 g/mol. The van der Waals surface area contributed by atoms with Crippen molar-refractivity contribution in [3.05, 3.63) is 46.8 Å². The van der Waals surface area contributed by atoms with E-state index in [1.165, 1.54) is 9.58 Å².